The Balaban J connectivity index is 1.78. The van der Waals surface area contributed by atoms with Crippen LogP contribution in [0.25, 0.3) is 5.69 Å². The smallest absolute Gasteiger partial charge is 0.312 e. The number of nitrogens with zero attached hydrogens (tertiary/aromatic N) is 4. The summed E-state index contributed by atoms with van der Waals surface area (Å²) in [7, 11) is 0. The van der Waals surface area contributed by atoms with E-state index in [1.165, 1.54) is 18.2 Å². The number of hydrogen-bond donors (Lipinski definition) is 0. The number of rotatable bonds is 5. The van der Waals surface area contributed by atoms with E-state index in [1.807, 2.05) is 26.0 Å². The zero-order chi connectivity index (χ0) is 18.0. The molecule has 3 rings (SSSR count). The summed E-state index contributed by atoms with van der Waals surface area (Å²) in [5.41, 5.74) is 3.52. The molecule has 2 aromatic carbocycles. The van der Waals surface area contributed by atoms with Crippen molar-refractivity contribution in [3.05, 3.63) is 74.6 Å². The van der Waals surface area contributed by atoms with Crippen LogP contribution in [0.1, 0.15) is 16.8 Å². The average molecular weight is 359 g/mol. The molecule has 0 aliphatic heterocycles. The second-order valence-electron chi connectivity index (χ2n) is 5.66. The van der Waals surface area contributed by atoms with Crippen molar-refractivity contribution in [2.45, 2.75) is 20.5 Å². The first-order valence-electron chi connectivity index (χ1n) is 7.49. The van der Waals surface area contributed by atoms with Crippen LogP contribution in [0.15, 0.2) is 42.6 Å². The molecule has 25 heavy (non-hydrogen) atoms. The van der Waals surface area contributed by atoms with Gasteiger partial charge in [0.1, 0.15) is 12.3 Å². The molecule has 0 bridgehead atoms. The van der Waals surface area contributed by atoms with Gasteiger partial charge in [0.15, 0.2) is 5.75 Å². The van der Waals surface area contributed by atoms with E-state index in [-0.39, 0.29) is 23.1 Å². The molecule has 0 aliphatic carbocycles. The van der Waals surface area contributed by atoms with Gasteiger partial charge in [-0.3, -0.25) is 10.1 Å². The standard InChI is InChI=1S/C17H15ClN4O3/c1-11-5-12(2)7-15(6-11)21-9-14(19-20-21)10-25-17-4-3-13(18)8-16(17)22(23)24/h3-9H,10H2,1-2H3. The summed E-state index contributed by atoms with van der Waals surface area (Å²) in [5, 5.41) is 19.5. The van der Waals surface area contributed by atoms with Crippen LogP contribution >= 0.6 is 11.6 Å². The highest BCUT2D eigenvalue weighted by atomic mass is 35.5. The van der Waals surface area contributed by atoms with Gasteiger partial charge in [0.2, 0.25) is 0 Å². The summed E-state index contributed by atoms with van der Waals surface area (Å²) >= 11 is 5.79. The molecule has 0 N–H and O–H groups in total. The van der Waals surface area contributed by atoms with E-state index in [9.17, 15) is 10.1 Å². The maximum Gasteiger partial charge on any atom is 0.312 e. The molecule has 0 radical (unpaired) electrons. The van der Waals surface area contributed by atoms with Crippen LogP contribution in [0.5, 0.6) is 5.75 Å². The Morgan fingerprint density at radius 3 is 2.60 bits per heavy atom. The van der Waals surface area contributed by atoms with E-state index >= 15 is 0 Å². The van der Waals surface area contributed by atoms with Gasteiger partial charge in [0.05, 0.1) is 16.8 Å². The topological polar surface area (TPSA) is 83.1 Å². The summed E-state index contributed by atoms with van der Waals surface area (Å²) in [5.74, 6) is 0.135. The summed E-state index contributed by atoms with van der Waals surface area (Å²) in [6, 6.07) is 10.3. The van der Waals surface area contributed by atoms with Gasteiger partial charge in [-0.15, -0.1) is 5.10 Å². The highest BCUT2D eigenvalue weighted by Gasteiger charge is 2.16. The lowest BCUT2D eigenvalue weighted by Gasteiger charge is -2.05. The number of halogens is 1. The minimum atomic E-state index is -0.534. The maximum absolute atomic E-state index is 11.1. The number of nitro benzene ring substituents is 1. The highest BCUT2D eigenvalue weighted by Crippen LogP contribution is 2.30. The monoisotopic (exact) mass is 358 g/mol. The number of ether oxygens (including phenoxy) is 1. The van der Waals surface area contributed by atoms with Crippen molar-refractivity contribution in [3.63, 3.8) is 0 Å². The van der Waals surface area contributed by atoms with Crippen molar-refractivity contribution in [1.82, 2.24) is 15.0 Å². The van der Waals surface area contributed by atoms with Crippen LogP contribution in [0.3, 0.4) is 0 Å². The first-order valence-corrected chi connectivity index (χ1v) is 7.87. The first kappa shape index (κ1) is 16.9. The highest BCUT2D eigenvalue weighted by molar-refractivity contribution is 6.30. The third-order valence-corrected chi connectivity index (χ3v) is 3.74. The molecule has 0 saturated carbocycles. The fraction of sp³-hybridized carbons (Fsp3) is 0.176. The summed E-state index contributed by atoms with van der Waals surface area (Å²) < 4.78 is 7.17. The summed E-state index contributed by atoms with van der Waals surface area (Å²) in [6.45, 7) is 4.08. The molecule has 128 valence electrons. The van der Waals surface area contributed by atoms with E-state index < -0.39 is 4.92 Å². The van der Waals surface area contributed by atoms with Crippen LogP contribution in [0.2, 0.25) is 5.02 Å². The average Bonchev–Trinajstić information content (AvgIpc) is 3.01. The van der Waals surface area contributed by atoms with Crippen LogP contribution in [0, 0.1) is 24.0 Å². The molecule has 7 nitrogen and oxygen atoms in total. The Kier molecular flexibility index (Phi) is 4.67. The minimum Gasteiger partial charge on any atom is -0.480 e. The molecular weight excluding hydrogens is 344 g/mol. The lowest BCUT2D eigenvalue weighted by Crippen LogP contribution is -1.99. The fourth-order valence-corrected chi connectivity index (χ4v) is 2.65. The fourth-order valence-electron chi connectivity index (χ4n) is 2.48. The molecule has 0 fully saturated rings. The first-order chi connectivity index (χ1) is 11.9. The van der Waals surface area contributed by atoms with Crippen molar-refractivity contribution in [2.24, 2.45) is 0 Å². The summed E-state index contributed by atoms with van der Waals surface area (Å²) in [6.07, 6.45) is 1.73. The normalized spacial score (nSPS) is 10.7. The molecular formula is C17H15ClN4O3. The van der Waals surface area contributed by atoms with Gasteiger partial charge in [-0.1, -0.05) is 22.9 Å². The molecule has 8 heteroatoms. The number of aryl methyl sites for hydroxylation is 2. The maximum atomic E-state index is 11.1. The van der Waals surface area contributed by atoms with Crippen LogP contribution in [-0.2, 0) is 6.61 Å². The molecule has 0 atom stereocenters. The van der Waals surface area contributed by atoms with Crippen molar-refractivity contribution >= 4 is 17.3 Å². The van der Waals surface area contributed by atoms with Gasteiger partial charge in [0, 0.05) is 11.1 Å². The Bertz CT molecular complexity index is 919. The van der Waals surface area contributed by atoms with Gasteiger partial charge in [-0.2, -0.15) is 0 Å². The van der Waals surface area contributed by atoms with Crippen molar-refractivity contribution < 1.29 is 9.66 Å². The van der Waals surface area contributed by atoms with E-state index in [2.05, 4.69) is 16.4 Å². The Morgan fingerprint density at radius 1 is 1.20 bits per heavy atom. The quantitative estimate of drug-likeness (QED) is 0.508. The number of aromatic nitrogens is 3. The predicted molar refractivity (Wildman–Crippen MR) is 93.3 cm³/mol. The zero-order valence-corrected chi connectivity index (χ0v) is 14.4. The van der Waals surface area contributed by atoms with Gasteiger partial charge in [-0.25, -0.2) is 4.68 Å². The molecule has 1 aromatic heterocycles. The van der Waals surface area contributed by atoms with Crippen LogP contribution < -0.4 is 4.74 Å². The Morgan fingerprint density at radius 2 is 1.92 bits per heavy atom. The lowest BCUT2D eigenvalue weighted by atomic mass is 10.1. The van der Waals surface area contributed by atoms with E-state index in [0.29, 0.717) is 5.69 Å². The zero-order valence-electron chi connectivity index (χ0n) is 13.6. The number of hydrogen-bond acceptors (Lipinski definition) is 5. The van der Waals surface area contributed by atoms with Gasteiger partial charge < -0.3 is 4.74 Å². The Hall–Kier alpha value is -2.93. The number of nitro groups is 1. The second-order valence-corrected chi connectivity index (χ2v) is 6.09. The van der Waals surface area contributed by atoms with Crippen LogP contribution in [-0.4, -0.2) is 19.9 Å². The lowest BCUT2D eigenvalue weighted by molar-refractivity contribution is -0.385. The second kappa shape index (κ2) is 6.90. The molecule has 0 saturated heterocycles. The van der Waals surface area contributed by atoms with Crippen molar-refractivity contribution in [3.8, 4) is 11.4 Å². The van der Waals surface area contributed by atoms with E-state index in [1.54, 1.807) is 10.9 Å². The van der Waals surface area contributed by atoms with Crippen molar-refractivity contribution in [1.29, 1.82) is 0 Å². The molecule has 0 amide bonds. The SMILES string of the molecule is Cc1cc(C)cc(-n2cc(COc3ccc(Cl)cc3[N+](=O)[O-])nn2)c1. The number of benzene rings is 2. The molecule has 0 aliphatic rings. The van der Waals surface area contributed by atoms with Gasteiger partial charge in [-0.05, 0) is 49.2 Å². The van der Waals surface area contributed by atoms with Crippen LogP contribution in [0.4, 0.5) is 5.69 Å². The summed E-state index contributed by atoms with van der Waals surface area (Å²) in [4.78, 5) is 10.5. The van der Waals surface area contributed by atoms with Crippen molar-refractivity contribution in [2.75, 3.05) is 0 Å². The molecule has 3 aromatic rings. The van der Waals surface area contributed by atoms with E-state index in [4.69, 9.17) is 16.3 Å². The minimum absolute atomic E-state index is 0.0628. The largest absolute Gasteiger partial charge is 0.480 e. The molecule has 0 unspecified atom stereocenters. The molecule has 1 heterocycles. The van der Waals surface area contributed by atoms with E-state index in [0.717, 1.165) is 16.8 Å². The van der Waals surface area contributed by atoms with Gasteiger partial charge >= 0.3 is 5.69 Å². The Labute approximate surface area is 149 Å². The molecule has 0 spiro atoms. The predicted octanol–water partition coefficient (Wildman–Crippen LogP) is 4.02. The third kappa shape index (κ3) is 3.95. The third-order valence-electron chi connectivity index (χ3n) is 3.51. The van der Waals surface area contributed by atoms with Gasteiger partial charge in [0.25, 0.3) is 0 Å².